The molecule has 2 nitrogen and oxygen atoms in total. The molecule has 1 unspecified atom stereocenters. The molecule has 2 rings (SSSR count). The first-order valence-corrected chi connectivity index (χ1v) is 7.11. The summed E-state index contributed by atoms with van der Waals surface area (Å²) in [7, 11) is 4.83. The standard InChI is InChI=1S/C16H20BF2NO/c1-15(2,3)13-8-14(21)20(10-13)9-11-5-4-6-12(7-11)16(17,18)19/h4-7,13H,8-10H2,1-3H3. The Balaban J connectivity index is 2.11. The van der Waals surface area contributed by atoms with Crippen molar-refractivity contribution in [2.75, 3.05) is 6.54 Å². The lowest BCUT2D eigenvalue weighted by Crippen LogP contribution is -2.27. The van der Waals surface area contributed by atoms with E-state index in [4.69, 9.17) is 7.85 Å². The molecule has 1 aromatic rings. The summed E-state index contributed by atoms with van der Waals surface area (Å²) in [4.78, 5) is 13.8. The summed E-state index contributed by atoms with van der Waals surface area (Å²) < 4.78 is 26.3. The molecule has 0 spiro atoms. The number of nitrogens with zero attached hydrogens (tertiary/aromatic N) is 1. The predicted molar refractivity (Wildman–Crippen MR) is 79.1 cm³/mol. The van der Waals surface area contributed by atoms with E-state index >= 15 is 0 Å². The van der Waals surface area contributed by atoms with Crippen molar-refractivity contribution in [2.45, 2.75) is 39.6 Å². The van der Waals surface area contributed by atoms with Gasteiger partial charge in [0.05, 0.1) is 0 Å². The fourth-order valence-corrected chi connectivity index (χ4v) is 2.60. The van der Waals surface area contributed by atoms with Gasteiger partial charge in [0.25, 0.3) is 0 Å². The minimum Gasteiger partial charge on any atom is -0.338 e. The van der Waals surface area contributed by atoms with Gasteiger partial charge in [0, 0.05) is 25.1 Å². The molecule has 1 aromatic carbocycles. The Hall–Kier alpha value is -1.39. The zero-order valence-electron chi connectivity index (χ0n) is 12.7. The Labute approximate surface area is 125 Å². The largest absolute Gasteiger partial charge is 0.338 e. The van der Waals surface area contributed by atoms with Gasteiger partial charge in [-0.2, -0.15) is 0 Å². The number of rotatable bonds is 3. The SMILES string of the molecule is [B]C(F)(F)c1cccc(CN2CC(C(C)(C)C)CC2=O)c1. The Bertz CT molecular complexity index is 534. The number of halogens is 2. The van der Waals surface area contributed by atoms with E-state index in [-0.39, 0.29) is 16.9 Å². The van der Waals surface area contributed by atoms with Crippen molar-refractivity contribution in [3.8, 4) is 0 Å². The molecule has 0 bridgehead atoms. The van der Waals surface area contributed by atoms with E-state index in [2.05, 4.69) is 20.8 Å². The zero-order chi connectivity index (χ0) is 15.8. The van der Waals surface area contributed by atoms with Gasteiger partial charge in [0.1, 0.15) is 0 Å². The van der Waals surface area contributed by atoms with Gasteiger partial charge in [-0.3, -0.25) is 4.79 Å². The summed E-state index contributed by atoms with van der Waals surface area (Å²) in [5.41, 5.74) is 0.524. The van der Waals surface area contributed by atoms with E-state index in [0.717, 1.165) is 0 Å². The van der Waals surface area contributed by atoms with E-state index < -0.39 is 5.82 Å². The first kappa shape index (κ1) is 16.0. The molecule has 1 saturated heterocycles. The van der Waals surface area contributed by atoms with Gasteiger partial charge in [-0.1, -0.05) is 39.0 Å². The number of likely N-dealkylation sites (tertiary alicyclic amines) is 1. The second-order valence-electron chi connectivity index (χ2n) is 6.86. The van der Waals surface area contributed by atoms with Crippen LogP contribution in [0, 0.1) is 11.3 Å². The summed E-state index contributed by atoms with van der Waals surface area (Å²) in [6.45, 7) is 7.37. The molecule has 21 heavy (non-hydrogen) atoms. The number of hydrogen-bond acceptors (Lipinski definition) is 1. The molecule has 1 heterocycles. The van der Waals surface area contributed by atoms with Crippen LogP contribution in [0.1, 0.15) is 38.3 Å². The lowest BCUT2D eigenvalue weighted by molar-refractivity contribution is -0.128. The monoisotopic (exact) mass is 291 g/mol. The summed E-state index contributed by atoms with van der Waals surface area (Å²) in [6.07, 6.45) is 0.524. The molecule has 1 aliphatic rings. The molecule has 1 aliphatic heterocycles. The van der Waals surface area contributed by atoms with Gasteiger partial charge >= 0.3 is 0 Å². The minimum atomic E-state index is -3.35. The molecule has 0 aliphatic carbocycles. The smallest absolute Gasteiger partial charge is 0.224 e. The molecular weight excluding hydrogens is 271 g/mol. The quantitative estimate of drug-likeness (QED) is 0.782. The van der Waals surface area contributed by atoms with Gasteiger partial charge in [0.15, 0.2) is 7.85 Å². The van der Waals surface area contributed by atoms with Gasteiger partial charge in [-0.25, -0.2) is 8.78 Å². The molecule has 5 heteroatoms. The first-order valence-electron chi connectivity index (χ1n) is 7.11. The number of carbonyl (C=O) groups excluding carboxylic acids is 1. The third kappa shape index (κ3) is 3.83. The second kappa shape index (κ2) is 5.43. The normalized spacial score (nSPS) is 20.1. The van der Waals surface area contributed by atoms with E-state index in [9.17, 15) is 13.6 Å². The second-order valence-corrected chi connectivity index (χ2v) is 6.86. The van der Waals surface area contributed by atoms with Gasteiger partial charge in [0.2, 0.25) is 11.7 Å². The number of amides is 1. The zero-order valence-corrected chi connectivity index (χ0v) is 12.7. The molecule has 1 amide bonds. The summed E-state index contributed by atoms with van der Waals surface area (Å²) >= 11 is 0. The molecular formula is C16H20BF2NO. The van der Waals surface area contributed by atoms with Gasteiger partial charge in [-0.15, -0.1) is 0 Å². The molecule has 112 valence electrons. The van der Waals surface area contributed by atoms with Crippen LogP contribution in [0.25, 0.3) is 0 Å². The van der Waals surface area contributed by atoms with Crippen LogP contribution in [-0.2, 0) is 17.2 Å². The highest BCUT2D eigenvalue weighted by Gasteiger charge is 2.36. The third-order valence-corrected chi connectivity index (χ3v) is 4.12. The van der Waals surface area contributed by atoms with E-state index in [0.29, 0.717) is 31.0 Å². The third-order valence-electron chi connectivity index (χ3n) is 4.12. The Morgan fingerprint density at radius 3 is 2.52 bits per heavy atom. The maximum Gasteiger partial charge on any atom is 0.224 e. The Morgan fingerprint density at radius 1 is 1.33 bits per heavy atom. The van der Waals surface area contributed by atoms with Crippen molar-refractivity contribution >= 4 is 13.8 Å². The highest BCUT2D eigenvalue weighted by molar-refractivity contribution is 6.13. The molecule has 1 fully saturated rings. The van der Waals surface area contributed by atoms with Crippen LogP contribution in [-0.4, -0.2) is 25.2 Å². The van der Waals surface area contributed by atoms with Crippen molar-refractivity contribution in [2.24, 2.45) is 11.3 Å². The lowest BCUT2D eigenvalue weighted by atomic mass is 9.80. The van der Waals surface area contributed by atoms with Crippen molar-refractivity contribution in [3.63, 3.8) is 0 Å². The number of alkyl halides is 2. The maximum atomic E-state index is 13.1. The number of benzene rings is 1. The minimum absolute atomic E-state index is 0.0660. The van der Waals surface area contributed by atoms with Gasteiger partial charge < -0.3 is 4.90 Å². The number of hydrogen-bond donors (Lipinski definition) is 0. The van der Waals surface area contributed by atoms with Crippen LogP contribution in [0.5, 0.6) is 0 Å². The summed E-state index contributed by atoms with van der Waals surface area (Å²) in [5, 5.41) is 0. The molecule has 0 saturated carbocycles. The van der Waals surface area contributed by atoms with Crippen molar-refractivity contribution in [1.29, 1.82) is 0 Å². The highest BCUT2D eigenvalue weighted by atomic mass is 19.3. The Morgan fingerprint density at radius 2 is 2.00 bits per heavy atom. The highest BCUT2D eigenvalue weighted by Crippen LogP contribution is 2.35. The van der Waals surface area contributed by atoms with Crippen LogP contribution in [0.15, 0.2) is 24.3 Å². The van der Waals surface area contributed by atoms with Crippen LogP contribution in [0.2, 0.25) is 0 Å². The predicted octanol–water partition coefficient (Wildman–Crippen LogP) is 3.30. The van der Waals surface area contributed by atoms with E-state index in [1.54, 1.807) is 17.0 Å². The topological polar surface area (TPSA) is 20.3 Å². The summed E-state index contributed by atoms with van der Waals surface area (Å²) in [6, 6.07) is 5.96. The maximum absolute atomic E-state index is 13.1. The van der Waals surface area contributed by atoms with Crippen LogP contribution < -0.4 is 0 Å². The average molecular weight is 291 g/mol. The fourth-order valence-electron chi connectivity index (χ4n) is 2.60. The van der Waals surface area contributed by atoms with Crippen molar-refractivity contribution < 1.29 is 13.6 Å². The van der Waals surface area contributed by atoms with E-state index in [1.807, 2.05) is 0 Å². The van der Waals surface area contributed by atoms with Crippen molar-refractivity contribution in [1.82, 2.24) is 4.90 Å². The van der Waals surface area contributed by atoms with Crippen LogP contribution in [0.4, 0.5) is 8.78 Å². The lowest BCUT2D eigenvalue weighted by Gasteiger charge is -2.26. The average Bonchev–Trinajstić information content (AvgIpc) is 2.70. The van der Waals surface area contributed by atoms with Crippen LogP contribution in [0.3, 0.4) is 0 Å². The van der Waals surface area contributed by atoms with Gasteiger partial charge in [-0.05, 0) is 23.0 Å². The Kier molecular flexibility index (Phi) is 4.14. The summed E-state index contributed by atoms with van der Waals surface area (Å²) in [5.74, 6) is -2.97. The first-order chi connectivity index (χ1) is 9.57. The molecule has 0 N–H and O–H groups in total. The number of carbonyl (C=O) groups is 1. The van der Waals surface area contributed by atoms with Crippen LogP contribution >= 0.6 is 0 Å². The molecule has 1 atom stereocenters. The van der Waals surface area contributed by atoms with E-state index in [1.165, 1.54) is 12.1 Å². The fraction of sp³-hybridized carbons (Fsp3) is 0.562. The van der Waals surface area contributed by atoms with Crippen molar-refractivity contribution in [3.05, 3.63) is 35.4 Å². The molecule has 0 aromatic heterocycles. The molecule has 2 radical (unpaired) electrons.